The van der Waals surface area contributed by atoms with Crippen LogP contribution in [-0.2, 0) is 9.53 Å². The normalized spacial score (nSPS) is 12.9. The summed E-state index contributed by atoms with van der Waals surface area (Å²) in [4.78, 5) is 23.1. The highest BCUT2D eigenvalue weighted by Gasteiger charge is 2.23. The number of hydrogen-bond donors (Lipinski definition) is 0. The standard InChI is InChI=1S/C15H20N2O2S2/c1-6-11(15(18)19-8(2)3)21-14-12-9(4)10(5)20-13(12)16-7-17-14/h7-8,11H,6H2,1-5H3. The molecule has 1 unspecified atom stereocenters. The van der Waals surface area contributed by atoms with Crippen molar-refractivity contribution in [3.05, 3.63) is 16.8 Å². The quantitative estimate of drug-likeness (QED) is 0.470. The van der Waals surface area contributed by atoms with E-state index in [1.54, 1.807) is 17.7 Å². The van der Waals surface area contributed by atoms with Crippen LogP contribution in [0.25, 0.3) is 10.2 Å². The Morgan fingerprint density at radius 2 is 2.10 bits per heavy atom. The molecule has 0 fully saturated rings. The molecule has 2 aromatic heterocycles. The number of esters is 1. The van der Waals surface area contributed by atoms with Crippen LogP contribution in [0, 0.1) is 13.8 Å². The van der Waals surface area contributed by atoms with Gasteiger partial charge in [-0.25, -0.2) is 9.97 Å². The molecule has 114 valence electrons. The van der Waals surface area contributed by atoms with Crippen molar-refractivity contribution in [2.45, 2.75) is 57.4 Å². The fraction of sp³-hybridized carbons (Fsp3) is 0.533. The lowest BCUT2D eigenvalue weighted by Crippen LogP contribution is -2.22. The van der Waals surface area contributed by atoms with Gasteiger partial charge in [0.15, 0.2) is 0 Å². The van der Waals surface area contributed by atoms with Gasteiger partial charge in [0.25, 0.3) is 0 Å². The maximum Gasteiger partial charge on any atom is 0.319 e. The van der Waals surface area contributed by atoms with Crippen molar-refractivity contribution >= 4 is 39.3 Å². The van der Waals surface area contributed by atoms with Crippen LogP contribution in [0.15, 0.2) is 11.4 Å². The monoisotopic (exact) mass is 324 g/mol. The Hall–Kier alpha value is -1.14. The van der Waals surface area contributed by atoms with E-state index in [1.165, 1.54) is 22.2 Å². The van der Waals surface area contributed by atoms with E-state index in [1.807, 2.05) is 20.8 Å². The Bertz CT molecular complexity index is 652. The van der Waals surface area contributed by atoms with Gasteiger partial charge in [0, 0.05) is 10.3 Å². The van der Waals surface area contributed by atoms with Crippen molar-refractivity contribution < 1.29 is 9.53 Å². The zero-order valence-corrected chi connectivity index (χ0v) is 14.6. The SMILES string of the molecule is CCC(Sc1ncnc2sc(C)c(C)c12)C(=O)OC(C)C. The van der Waals surface area contributed by atoms with E-state index >= 15 is 0 Å². The summed E-state index contributed by atoms with van der Waals surface area (Å²) in [6.07, 6.45) is 2.19. The molecule has 6 heteroatoms. The third kappa shape index (κ3) is 3.55. The first kappa shape index (κ1) is 16.2. The second-order valence-electron chi connectivity index (χ2n) is 5.14. The van der Waals surface area contributed by atoms with Gasteiger partial charge in [-0.1, -0.05) is 18.7 Å². The molecule has 1 atom stereocenters. The maximum atomic E-state index is 12.1. The highest BCUT2D eigenvalue weighted by molar-refractivity contribution is 8.00. The van der Waals surface area contributed by atoms with Crippen LogP contribution in [0.2, 0.25) is 0 Å². The van der Waals surface area contributed by atoms with Gasteiger partial charge in [0.2, 0.25) is 0 Å². The van der Waals surface area contributed by atoms with Gasteiger partial charge < -0.3 is 4.74 Å². The van der Waals surface area contributed by atoms with E-state index in [2.05, 4.69) is 23.8 Å². The van der Waals surface area contributed by atoms with Gasteiger partial charge in [-0.15, -0.1) is 11.3 Å². The average Bonchev–Trinajstić information content (AvgIpc) is 2.71. The molecular weight excluding hydrogens is 304 g/mol. The van der Waals surface area contributed by atoms with Gasteiger partial charge in [-0.2, -0.15) is 0 Å². The molecule has 0 aliphatic heterocycles. The molecule has 2 rings (SSSR count). The van der Waals surface area contributed by atoms with Crippen molar-refractivity contribution in [2.24, 2.45) is 0 Å². The van der Waals surface area contributed by atoms with Crippen molar-refractivity contribution in [2.75, 3.05) is 0 Å². The van der Waals surface area contributed by atoms with E-state index in [9.17, 15) is 4.79 Å². The lowest BCUT2D eigenvalue weighted by Gasteiger charge is -2.15. The lowest BCUT2D eigenvalue weighted by atomic mass is 10.2. The number of thiophene rings is 1. The van der Waals surface area contributed by atoms with Crippen molar-refractivity contribution in [3.8, 4) is 0 Å². The number of aromatic nitrogens is 2. The van der Waals surface area contributed by atoms with Crippen LogP contribution >= 0.6 is 23.1 Å². The molecule has 4 nitrogen and oxygen atoms in total. The number of hydrogen-bond acceptors (Lipinski definition) is 6. The summed E-state index contributed by atoms with van der Waals surface area (Å²) in [5.41, 5.74) is 1.20. The zero-order valence-electron chi connectivity index (χ0n) is 13.0. The van der Waals surface area contributed by atoms with Crippen molar-refractivity contribution in [3.63, 3.8) is 0 Å². The summed E-state index contributed by atoms with van der Waals surface area (Å²) >= 11 is 3.14. The molecule has 0 saturated carbocycles. The highest BCUT2D eigenvalue weighted by Crippen LogP contribution is 2.36. The summed E-state index contributed by atoms with van der Waals surface area (Å²) in [7, 11) is 0. The second kappa shape index (κ2) is 6.75. The zero-order chi connectivity index (χ0) is 15.6. The number of carbonyl (C=O) groups is 1. The number of carbonyl (C=O) groups excluding carboxylic acids is 1. The molecule has 0 amide bonds. The Morgan fingerprint density at radius 1 is 1.38 bits per heavy atom. The third-order valence-electron chi connectivity index (χ3n) is 3.17. The van der Waals surface area contributed by atoms with Gasteiger partial charge in [0.05, 0.1) is 6.10 Å². The van der Waals surface area contributed by atoms with Crippen LogP contribution in [0.1, 0.15) is 37.6 Å². The summed E-state index contributed by atoms with van der Waals surface area (Å²) < 4.78 is 5.32. The molecule has 0 radical (unpaired) electrons. The lowest BCUT2D eigenvalue weighted by molar-refractivity contribution is -0.146. The summed E-state index contributed by atoms with van der Waals surface area (Å²) in [6, 6.07) is 0. The fourth-order valence-electron chi connectivity index (χ4n) is 1.98. The molecule has 0 spiro atoms. The number of aryl methyl sites for hydroxylation is 2. The molecule has 0 bridgehead atoms. The molecule has 2 aromatic rings. The molecule has 0 N–H and O–H groups in total. The predicted molar refractivity (Wildman–Crippen MR) is 88.1 cm³/mol. The average molecular weight is 324 g/mol. The smallest absolute Gasteiger partial charge is 0.319 e. The van der Waals surface area contributed by atoms with Gasteiger partial charge in [-0.05, 0) is 39.7 Å². The second-order valence-corrected chi connectivity index (χ2v) is 7.54. The molecule has 0 aromatic carbocycles. The van der Waals surface area contributed by atoms with Gasteiger partial charge in [-0.3, -0.25) is 4.79 Å². The molecule has 0 saturated heterocycles. The largest absolute Gasteiger partial charge is 0.462 e. The van der Waals surface area contributed by atoms with E-state index < -0.39 is 0 Å². The first-order chi connectivity index (χ1) is 9.93. The molecule has 21 heavy (non-hydrogen) atoms. The van der Waals surface area contributed by atoms with E-state index in [0.717, 1.165) is 15.2 Å². The van der Waals surface area contributed by atoms with E-state index in [0.29, 0.717) is 6.42 Å². The van der Waals surface area contributed by atoms with Crippen LogP contribution < -0.4 is 0 Å². The number of fused-ring (bicyclic) bond motifs is 1. The van der Waals surface area contributed by atoms with E-state index in [-0.39, 0.29) is 17.3 Å². The number of thioether (sulfide) groups is 1. The predicted octanol–water partition coefficient (Wildman–Crippen LogP) is 4.13. The Kier molecular flexibility index (Phi) is 5.22. The third-order valence-corrected chi connectivity index (χ3v) is 5.63. The van der Waals surface area contributed by atoms with Crippen LogP contribution in [0.3, 0.4) is 0 Å². The maximum absolute atomic E-state index is 12.1. The molecule has 0 aliphatic rings. The molecule has 2 heterocycles. The number of ether oxygens (including phenoxy) is 1. The minimum atomic E-state index is -0.231. The fourth-order valence-corrected chi connectivity index (χ4v) is 4.11. The Balaban J connectivity index is 2.31. The van der Waals surface area contributed by atoms with Crippen molar-refractivity contribution in [1.29, 1.82) is 0 Å². The highest BCUT2D eigenvalue weighted by atomic mass is 32.2. The molecule has 0 aliphatic carbocycles. The van der Waals surface area contributed by atoms with Crippen LogP contribution in [-0.4, -0.2) is 27.3 Å². The topological polar surface area (TPSA) is 52.1 Å². The summed E-state index contributed by atoms with van der Waals surface area (Å²) in [5, 5.41) is 1.71. The minimum Gasteiger partial charge on any atom is -0.462 e. The summed E-state index contributed by atoms with van der Waals surface area (Å²) in [6.45, 7) is 9.88. The van der Waals surface area contributed by atoms with Crippen molar-refractivity contribution in [1.82, 2.24) is 9.97 Å². The van der Waals surface area contributed by atoms with E-state index in [4.69, 9.17) is 4.74 Å². The number of nitrogens with zero attached hydrogens (tertiary/aromatic N) is 2. The first-order valence-electron chi connectivity index (χ1n) is 7.01. The Labute approximate surface area is 133 Å². The van der Waals surface area contributed by atoms with Crippen LogP contribution in [0.5, 0.6) is 0 Å². The summed E-state index contributed by atoms with van der Waals surface area (Å²) in [5.74, 6) is -0.172. The number of rotatable bonds is 5. The van der Waals surface area contributed by atoms with Gasteiger partial charge >= 0.3 is 5.97 Å². The molecular formula is C15H20N2O2S2. The van der Waals surface area contributed by atoms with Crippen LogP contribution in [0.4, 0.5) is 0 Å². The first-order valence-corrected chi connectivity index (χ1v) is 8.71. The minimum absolute atomic E-state index is 0.0947. The Morgan fingerprint density at radius 3 is 2.71 bits per heavy atom. The van der Waals surface area contributed by atoms with Gasteiger partial charge in [0.1, 0.15) is 21.4 Å².